The second kappa shape index (κ2) is 6.97. The van der Waals surface area contributed by atoms with Gasteiger partial charge in [-0.25, -0.2) is 4.98 Å². The highest BCUT2D eigenvalue weighted by Gasteiger charge is 2.35. The van der Waals surface area contributed by atoms with E-state index in [-0.39, 0.29) is 23.2 Å². The Hall–Kier alpha value is -2.57. The van der Waals surface area contributed by atoms with Gasteiger partial charge in [0.2, 0.25) is 0 Å². The Morgan fingerprint density at radius 2 is 1.88 bits per heavy atom. The van der Waals surface area contributed by atoms with Crippen molar-refractivity contribution in [1.29, 1.82) is 0 Å². The topological polar surface area (TPSA) is 42.4 Å². The van der Waals surface area contributed by atoms with Gasteiger partial charge in [-0.15, -0.1) is 0 Å². The van der Waals surface area contributed by atoms with E-state index in [0.717, 1.165) is 30.2 Å². The molecule has 1 atom stereocenters. The summed E-state index contributed by atoms with van der Waals surface area (Å²) in [6.45, 7) is 2.00. The number of rotatable bonds is 3. The maximum absolute atomic E-state index is 12.9. The maximum atomic E-state index is 12.9. The van der Waals surface area contributed by atoms with Crippen LogP contribution in [0.2, 0.25) is 0 Å². The quantitative estimate of drug-likeness (QED) is 0.811. The molecule has 1 aliphatic heterocycles. The van der Waals surface area contributed by atoms with E-state index in [0.29, 0.717) is 6.54 Å². The number of amides is 1. The number of alkyl halides is 3. The molecule has 1 aliphatic rings. The Morgan fingerprint density at radius 1 is 1.19 bits per heavy atom. The van der Waals surface area contributed by atoms with Crippen LogP contribution in [0.3, 0.4) is 0 Å². The van der Waals surface area contributed by atoms with Gasteiger partial charge in [0.05, 0.1) is 24.4 Å². The zero-order chi connectivity index (χ0) is 18.9. The molecule has 138 valence electrons. The van der Waals surface area contributed by atoms with Crippen molar-refractivity contribution in [1.82, 2.24) is 9.88 Å². The van der Waals surface area contributed by atoms with Crippen LogP contribution >= 0.6 is 0 Å². The Bertz CT molecular complexity index is 803. The van der Waals surface area contributed by atoms with Gasteiger partial charge < -0.3 is 9.64 Å². The number of hydrogen-bond donors (Lipinski definition) is 0. The molecule has 2 aromatic rings. The molecule has 0 bridgehead atoms. The Balaban J connectivity index is 1.86. The molecule has 3 rings (SSSR count). The van der Waals surface area contributed by atoms with E-state index in [1.807, 2.05) is 24.3 Å². The van der Waals surface area contributed by atoms with Gasteiger partial charge in [0.25, 0.3) is 5.91 Å². The second-order valence-electron chi connectivity index (χ2n) is 6.26. The molecule has 1 fully saturated rings. The molecule has 1 unspecified atom stereocenters. The molecule has 0 aliphatic carbocycles. The minimum absolute atomic E-state index is 0.0882. The summed E-state index contributed by atoms with van der Waals surface area (Å²) in [4.78, 5) is 18.2. The number of hydrogen-bond acceptors (Lipinski definition) is 3. The summed E-state index contributed by atoms with van der Waals surface area (Å²) in [5.41, 5.74) is 0.289. The number of pyridine rings is 1. The fourth-order valence-electron chi connectivity index (χ4n) is 3.28. The fourth-order valence-corrected chi connectivity index (χ4v) is 3.28. The van der Waals surface area contributed by atoms with Crippen LogP contribution in [0, 0.1) is 6.92 Å². The number of carbonyl (C=O) groups excluding carboxylic acids is 1. The van der Waals surface area contributed by atoms with Gasteiger partial charge in [-0.3, -0.25) is 4.79 Å². The number of nitrogens with zero attached hydrogens (tertiary/aromatic N) is 2. The van der Waals surface area contributed by atoms with Crippen LogP contribution in [-0.2, 0) is 6.18 Å². The minimum Gasteiger partial charge on any atom is -0.497 e. The summed E-state index contributed by atoms with van der Waals surface area (Å²) in [6, 6.07) is 9.47. The van der Waals surface area contributed by atoms with Gasteiger partial charge in [-0.05, 0) is 49.6 Å². The molecule has 1 aromatic heterocycles. The number of methoxy groups -OCH3 is 1. The molecule has 26 heavy (non-hydrogen) atoms. The first-order chi connectivity index (χ1) is 12.3. The molecule has 1 saturated heterocycles. The second-order valence-corrected chi connectivity index (χ2v) is 6.26. The van der Waals surface area contributed by atoms with Crippen molar-refractivity contribution in [2.24, 2.45) is 0 Å². The van der Waals surface area contributed by atoms with Crippen molar-refractivity contribution in [3.63, 3.8) is 0 Å². The number of aromatic nitrogens is 1. The molecule has 4 nitrogen and oxygen atoms in total. The van der Waals surface area contributed by atoms with Gasteiger partial charge in [0.15, 0.2) is 0 Å². The Labute approximate surface area is 149 Å². The predicted octanol–water partition coefficient (Wildman–Crippen LogP) is 4.39. The summed E-state index contributed by atoms with van der Waals surface area (Å²) >= 11 is 0. The number of aryl methyl sites for hydroxylation is 1. The summed E-state index contributed by atoms with van der Waals surface area (Å²) in [5, 5.41) is 0. The van der Waals surface area contributed by atoms with Gasteiger partial charge >= 0.3 is 6.18 Å². The van der Waals surface area contributed by atoms with Crippen LogP contribution in [0.5, 0.6) is 5.75 Å². The van der Waals surface area contributed by atoms with E-state index < -0.39 is 11.9 Å². The zero-order valence-corrected chi connectivity index (χ0v) is 14.5. The normalized spacial score (nSPS) is 17.4. The van der Waals surface area contributed by atoms with Crippen LogP contribution in [0.4, 0.5) is 13.2 Å². The van der Waals surface area contributed by atoms with Crippen LogP contribution in [0.25, 0.3) is 0 Å². The summed E-state index contributed by atoms with van der Waals surface area (Å²) in [5.74, 6) is 0.439. The standard InChI is InChI=1S/C19H19F3N2O2/c1-12-15(9-10-17(23-12)19(20,21)22)18(25)24-11-3-4-16(24)13-5-7-14(26-2)8-6-13/h5-10,16H,3-4,11H2,1-2H3. The van der Waals surface area contributed by atoms with Gasteiger partial charge in [0.1, 0.15) is 11.4 Å². The average molecular weight is 364 g/mol. The minimum atomic E-state index is -4.52. The third-order valence-corrected chi connectivity index (χ3v) is 4.62. The molecule has 0 saturated carbocycles. The van der Waals surface area contributed by atoms with Crippen molar-refractivity contribution in [3.8, 4) is 5.75 Å². The molecule has 2 heterocycles. The molecule has 0 N–H and O–H groups in total. The van der Waals surface area contributed by atoms with E-state index in [4.69, 9.17) is 4.74 Å². The van der Waals surface area contributed by atoms with Crippen molar-refractivity contribution < 1.29 is 22.7 Å². The number of halogens is 3. The number of likely N-dealkylation sites (tertiary alicyclic amines) is 1. The van der Waals surface area contributed by atoms with Crippen molar-refractivity contribution in [2.45, 2.75) is 32.0 Å². The van der Waals surface area contributed by atoms with Gasteiger partial charge in [-0.2, -0.15) is 13.2 Å². The highest BCUT2D eigenvalue weighted by molar-refractivity contribution is 5.95. The SMILES string of the molecule is COc1ccc(C2CCCN2C(=O)c2ccc(C(F)(F)F)nc2C)cc1. The average Bonchev–Trinajstić information content (AvgIpc) is 3.10. The summed E-state index contributed by atoms with van der Waals surface area (Å²) in [6.07, 6.45) is -2.87. The lowest BCUT2D eigenvalue weighted by atomic mass is 10.0. The summed E-state index contributed by atoms with van der Waals surface area (Å²) in [7, 11) is 1.58. The largest absolute Gasteiger partial charge is 0.497 e. The monoisotopic (exact) mass is 364 g/mol. The van der Waals surface area contributed by atoms with Gasteiger partial charge in [0, 0.05) is 6.54 Å². The van der Waals surface area contributed by atoms with Crippen LogP contribution in [-0.4, -0.2) is 29.4 Å². The summed E-state index contributed by atoms with van der Waals surface area (Å²) < 4.78 is 43.5. The number of carbonyl (C=O) groups is 1. The highest BCUT2D eigenvalue weighted by atomic mass is 19.4. The van der Waals surface area contributed by atoms with E-state index >= 15 is 0 Å². The van der Waals surface area contributed by atoms with Gasteiger partial charge in [-0.1, -0.05) is 12.1 Å². The molecular formula is C19H19F3N2O2. The lowest BCUT2D eigenvalue weighted by Gasteiger charge is -2.26. The number of benzene rings is 1. The molecule has 1 aromatic carbocycles. The first-order valence-corrected chi connectivity index (χ1v) is 8.31. The fraction of sp³-hybridized carbons (Fsp3) is 0.368. The van der Waals surface area contributed by atoms with Crippen LogP contribution in [0.15, 0.2) is 36.4 Å². The lowest BCUT2D eigenvalue weighted by molar-refractivity contribution is -0.141. The molecule has 0 radical (unpaired) electrons. The molecule has 0 spiro atoms. The molecule has 7 heteroatoms. The smallest absolute Gasteiger partial charge is 0.433 e. The van der Waals surface area contributed by atoms with Crippen LogP contribution in [0.1, 0.15) is 46.2 Å². The highest BCUT2D eigenvalue weighted by Crippen LogP contribution is 2.35. The van der Waals surface area contributed by atoms with Crippen LogP contribution < -0.4 is 4.74 Å². The first-order valence-electron chi connectivity index (χ1n) is 8.31. The Kier molecular flexibility index (Phi) is 4.89. The van der Waals surface area contributed by atoms with E-state index in [1.54, 1.807) is 12.0 Å². The predicted molar refractivity (Wildman–Crippen MR) is 90.0 cm³/mol. The van der Waals surface area contributed by atoms with Crippen molar-refractivity contribution >= 4 is 5.91 Å². The molecular weight excluding hydrogens is 345 g/mol. The maximum Gasteiger partial charge on any atom is 0.433 e. The lowest BCUT2D eigenvalue weighted by Crippen LogP contribution is -2.31. The van der Waals surface area contributed by atoms with Crippen molar-refractivity contribution in [2.75, 3.05) is 13.7 Å². The first kappa shape index (κ1) is 18.2. The third-order valence-electron chi connectivity index (χ3n) is 4.62. The zero-order valence-electron chi connectivity index (χ0n) is 14.5. The van der Waals surface area contributed by atoms with E-state index in [9.17, 15) is 18.0 Å². The number of ether oxygens (including phenoxy) is 1. The van der Waals surface area contributed by atoms with E-state index in [1.165, 1.54) is 13.0 Å². The van der Waals surface area contributed by atoms with E-state index in [2.05, 4.69) is 4.98 Å². The Morgan fingerprint density at radius 3 is 2.46 bits per heavy atom. The van der Waals surface area contributed by atoms with Crippen molar-refractivity contribution in [3.05, 3.63) is 58.9 Å². The third kappa shape index (κ3) is 3.52. The molecule has 1 amide bonds.